The lowest BCUT2D eigenvalue weighted by Crippen LogP contribution is -2.33. The highest BCUT2D eigenvalue weighted by Gasteiger charge is 2.23. The molecule has 2 N–H and O–H groups in total. The van der Waals surface area contributed by atoms with Gasteiger partial charge in [-0.25, -0.2) is 0 Å². The van der Waals surface area contributed by atoms with Crippen LogP contribution in [0, 0.1) is 0 Å². The van der Waals surface area contributed by atoms with E-state index in [-0.39, 0.29) is 18.4 Å². The van der Waals surface area contributed by atoms with Gasteiger partial charge < -0.3 is 24.5 Å². The van der Waals surface area contributed by atoms with E-state index in [2.05, 4.69) is 34.1 Å². The molecule has 1 heterocycles. The minimum absolute atomic E-state index is 0. The first-order valence-electron chi connectivity index (χ1n) is 10.4. The zero-order chi connectivity index (χ0) is 21.6. The third kappa shape index (κ3) is 5.25. The van der Waals surface area contributed by atoms with E-state index in [4.69, 9.17) is 9.47 Å². The van der Waals surface area contributed by atoms with Gasteiger partial charge >= 0.3 is 0 Å². The second-order valence-electron chi connectivity index (χ2n) is 7.56. The van der Waals surface area contributed by atoms with Gasteiger partial charge in [0.25, 0.3) is 0 Å². The molecule has 0 aliphatic heterocycles. The number of benzene rings is 3. The molecule has 4 aromatic rings. The van der Waals surface area contributed by atoms with Gasteiger partial charge in [-0.05, 0) is 54.6 Å². The second kappa shape index (κ2) is 11.0. The number of halogens is 1. The van der Waals surface area contributed by atoms with E-state index in [9.17, 15) is 5.11 Å². The predicted molar refractivity (Wildman–Crippen MR) is 131 cm³/mol. The number of nitrogens with one attached hydrogen (secondary N) is 1. The molecule has 5 nitrogen and oxygen atoms in total. The molecule has 0 bridgehead atoms. The minimum Gasteiger partial charge on any atom is -0.497 e. The monoisotopic (exact) mass is 452 g/mol. The molecule has 0 radical (unpaired) electrons. The summed E-state index contributed by atoms with van der Waals surface area (Å²) in [5.41, 5.74) is 3.18. The number of rotatable bonds is 9. The fraction of sp³-hybridized carbons (Fsp3) is 0.231. The van der Waals surface area contributed by atoms with Crippen LogP contribution in [-0.4, -0.2) is 36.5 Å². The van der Waals surface area contributed by atoms with Crippen LogP contribution in [0.1, 0.15) is 17.2 Å². The van der Waals surface area contributed by atoms with Gasteiger partial charge in [-0.1, -0.05) is 42.5 Å². The van der Waals surface area contributed by atoms with Crippen molar-refractivity contribution in [1.82, 2.24) is 9.88 Å². The lowest BCUT2D eigenvalue weighted by atomic mass is 10.0. The summed E-state index contributed by atoms with van der Waals surface area (Å²) < 4.78 is 13.4. The van der Waals surface area contributed by atoms with E-state index < -0.39 is 6.10 Å². The molecule has 0 spiro atoms. The standard InChI is InChI=1S/C26H28N2O3.ClH/c1-27-17-25(29)26(20-8-4-3-5-9-20)28-14-13-21-16-23(11-12-24(21)28)31-18-19-7-6-10-22(15-19)30-2;/h3-16,25-27,29H,17-18H2,1-2H3;1H/t25-,26+;/m1./s1. The van der Waals surface area contributed by atoms with Crippen LogP contribution >= 0.6 is 12.4 Å². The number of methoxy groups -OCH3 is 1. The van der Waals surface area contributed by atoms with Gasteiger partial charge in [-0.2, -0.15) is 0 Å². The first-order valence-corrected chi connectivity index (χ1v) is 10.4. The Morgan fingerprint density at radius 3 is 2.50 bits per heavy atom. The van der Waals surface area contributed by atoms with E-state index in [1.165, 1.54) is 0 Å². The number of hydrogen-bond acceptors (Lipinski definition) is 4. The Morgan fingerprint density at radius 2 is 1.75 bits per heavy atom. The van der Waals surface area contributed by atoms with E-state index >= 15 is 0 Å². The highest BCUT2D eigenvalue weighted by molar-refractivity contribution is 5.85. The summed E-state index contributed by atoms with van der Waals surface area (Å²) in [7, 11) is 3.51. The van der Waals surface area contributed by atoms with Crippen molar-refractivity contribution in [1.29, 1.82) is 0 Å². The Kier molecular flexibility index (Phi) is 8.17. The van der Waals surface area contributed by atoms with Crippen molar-refractivity contribution >= 4 is 23.3 Å². The summed E-state index contributed by atoms with van der Waals surface area (Å²) in [6.07, 6.45) is 1.47. The van der Waals surface area contributed by atoms with E-state index in [1.807, 2.05) is 67.8 Å². The van der Waals surface area contributed by atoms with Crippen LogP contribution in [0.5, 0.6) is 11.5 Å². The summed E-state index contributed by atoms with van der Waals surface area (Å²) in [4.78, 5) is 0. The van der Waals surface area contributed by atoms with Crippen molar-refractivity contribution < 1.29 is 14.6 Å². The maximum Gasteiger partial charge on any atom is 0.120 e. The van der Waals surface area contributed by atoms with Crippen LogP contribution in [0.2, 0.25) is 0 Å². The number of hydrogen-bond donors (Lipinski definition) is 2. The molecule has 0 aliphatic carbocycles. The molecule has 3 aromatic carbocycles. The highest BCUT2D eigenvalue weighted by atomic mass is 35.5. The first kappa shape index (κ1) is 23.7. The van der Waals surface area contributed by atoms with Crippen molar-refractivity contribution in [3.63, 3.8) is 0 Å². The van der Waals surface area contributed by atoms with Crippen molar-refractivity contribution in [2.75, 3.05) is 20.7 Å². The van der Waals surface area contributed by atoms with Crippen molar-refractivity contribution in [3.8, 4) is 11.5 Å². The van der Waals surface area contributed by atoms with Crippen LogP contribution in [0.25, 0.3) is 10.9 Å². The third-order valence-corrected chi connectivity index (χ3v) is 5.45. The van der Waals surface area contributed by atoms with Crippen molar-refractivity contribution in [2.24, 2.45) is 0 Å². The third-order valence-electron chi connectivity index (χ3n) is 5.45. The van der Waals surface area contributed by atoms with Crippen molar-refractivity contribution in [3.05, 3.63) is 96.2 Å². The van der Waals surface area contributed by atoms with Gasteiger partial charge in [0.2, 0.25) is 0 Å². The maximum absolute atomic E-state index is 10.9. The Balaban J connectivity index is 0.00000289. The average Bonchev–Trinajstić information content (AvgIpc) is 3.22. The smallest absolute Gasteiger partial charge is 0.120 e. The first-order chi connectivity index (χ1) is 15.2. The van der Waals surface area contributed by atoms with Crippen LogP contribution in [0.4, 0.5) is 0 Å². The summed E-state index contributed by atoms with van der Waals surface area (Å²) >= 11 is 0. The Morgan fingerprint density at radius 1 is 0.938 bits per heavy atom. The van der Waals surface area contributed by atoms with Gasteiger partial charge in [0, 0.05) is 23.6 Å². The Bertz CT molecular complexity index is 1130. The molecule has 1 aromatic heterocycles. The molecule has 32 heavy (non-hydrogen) atoms. The van der Waals surface area contributed by atoms with Crippen LogP contribution < -0.4 is 14.8 Å². The normalized spacial score (nSPS) is 12.7. The molecule has 0 amide bonds. The molecule has 0 unspecified atom stereocenters. The second-order valence-corrected chi connectivity index (χ2v) is 7.56. The van der Waals surface area contributed by atoms with E-state index in [1.54, 1.807) is 7.11 Å². The predicted octanol–water partition coefficient (Wildman–Crippen LogP) is 4.82. The minimum atomic E-state index is -0.563. The number of aliphatic hydroxyl groups excluding tert-OH is 1. The summed E-state index contributed by atoms with van der Waals surface area (Å²) in [5, 5.41) is 15.0. The topological polar surface area (TPSA) is 55.7 Å². The molecular formula is C26H29ClN2O3. The molecule has 168 valence electrons. The Labute approximate surface area is 195 Å². The van der Waals surface area contributed by atoms with Gasteiger partial charge in [0.05, 0.1) is 19.3 Å². The summed E-state index contributed by atoms with van der Waals surface area (Å²) in [6.45, 7) is 0.970. The molecule has 0 aliphatic rings. The van der Waals surface area contributed by atoms with E-state index in [0.717, 1.165) is 33.5 Å². The Hall–Kier alpha value is -2.99. The lowest BCUT2D eigenvalue weighted by Gasteiger charge is -2.26. The fourth-order valence-electron chi connectivity index (χ4n) is 3.94. The van der Waals surface area contributed by atoms with Gasteiger partial charge in [-0.15, -0.1) is 12.4 Å². The maximum atomic E-state index is 10.9. The zero-order valence-electron chi connectivity index (χ0n) is 18.3. The van der Waals surface area contributed by atoms with Gasteiger partial charge in [0.15, 0.2) is 0 Å². The summed E-state index contributed by atoms with van der Waals surface area (Å²) in [5.74, 6) is 1.63. The number of nitrogens with zero attached hydrogens (tertiary/aromatic N) is 1. The number of likely N-dealkylation sites (N-methyl/N-ethyl adjacent to an activating group) is 1. The molecule has 4 rings (SSSR count). The van der Waals surface area contributed by atoms with Crippen LogP contribution in [0.15, 0.2) is 85.1 Å². The number of fused-ring (bicyclic) bond motifs is 1. The molecule has 2 atom stereocenters. The number of aliphatic hydroxyl groups is 1. The van der Waals surface area contributed by atoms with E-state index in [0.29, 0.717) is 13.2 Å². The van der Waals surface area contributed by atoms with Crippen molar-refractivity contribution in [2.45, 2.75) is 18.8 Å². The number of aromatic nitrogens is 1. The SMILES string of the molecule is CNC[C@@H](O)[C@H](c1ccccc1)n1ccc2cc(OCc3cccc(OC)c3)ccc21.Cl. The van der Waals surface area contributed by atoms with Gasteiger partial charge in [-0.3, -0.25) is 0 Å². The zero-order valence-corrected chi connectivity index (χ0v) is 19.1. The molecular weight excluding hydrogens is 424 g/mol. The van der Waals surface area contributed by atoms with Crippen LogP contribution in [-0.2, 0) is 6.61 Å². The highest BCUT2D eigenvalue weighted by Crippen LogP contribution is 2.30. The number of ether oxygens (including phenoxy) is 2. The summed E-state index contributed by atoms with van der Waals surface area (Å²) in [6, 6.07) is 25.9. The molecule has 0 saturated carbocycles. The lowest BCUT2D eigenvalue weighted by molar-refractivity contribution is 0.132. The average molecular weight is 453 g/mol. The molecule has 0 fully saturated rings. The van der Waals surface area contributed by atoms with Gasteiger partial charge in [0.1, 0.15) is 18.1 Å². The molecule has 6 heteroatoms. The quantitative estimate of drug-likeness (QED) is 0.382. The fourth-order valence-corrected chi connectivity index (χ4v) is 3.94. The van der Waals surface area contributed by atoms with Crippen LogP contribution in [0.3, 0.4) is 0 Å². The largest absolute Gasteiger partial charge is 0.497 e. The molecule has 0 saturated heterocycles.